The number of hydrogen-bond donors (Lipinski definition) is 2. The van der Waals surface area contributed by atoms with Gasteiger partial charge in [0.05, 0.1) is 0 Å². The minimum absolute atomic E-state index is 0.0561. The van der Waals surface area contributed by atoms with Crippen LogP contribution in [0.5, 0.6) is 0 Å². The Bertz CT molecular complexity index is 987. The van der Waals surface area contributed by atoms with Crippen molar-refractivity contribution in [1.82, 2.24) is 19.9 Å². The zero-order chi connectivity index (χ0) is 21.5. The van der Waals surface area contributed by atoms with Crippen molar-refractivity contribution in [2.24, 2.45) is 0 Å². The molecule has 0 radical (unpaired) electrons. The highest BCUT2D eigenvalue weighted by atomic mass is 16.1. The second-order valence-corrected chi connectivity index (χ2v) is 7.87. The number of carbonyl (C=O) groups is 1. The second-order valence-electron chi connectivity index (χ2n) is 7.87. The number of anilines is 3. The maximum absolute atomic E-state index is 12.2. The summed E-state index contributed by atoms with van der Waals surface area (Å²) in [6.07, 6.45) is 4.24. The lowest BCUT2D eigenvalue weighted by molar-refractivity contribution is -0.116. The van der Waals surface area contributed by atoms with Gasteiger partial charge < -0.3 is 15.5 Å². The number of aromatic nitrogens is 3. The fraction of sp³-hybridized carbons (Fsp3) is 0.333. The van der Waals surface area contributed by atoms with E-state index in [1.165, 1.54) is 0 Å². The Morgan fingerprint density at radius 1 is 1.03 bits per heavy atom. The van der Waals surface area contributed by atoms with Crippen LogP contribution in [-0.4, -0.2) is 45.4 Å². The van der Waals surface area contributed by atoms with Crippen molar-refractivity contribution in [3.8, 4) is 0 Å². The quantitative estimate of drug-likeness (QED) is 0.603. The molecular formula is C24H28N6O. The van der Waals surface area contributed by atoms with Crippen molar-refractivity contribution in [3.05, 3.63) is 72.3 Å². The maximum atomic E-state index is 12.2. The molecule has 1 saturated heterocycles. The summed E-state index contributed by atoms with van der Waals surface area (Å²) in [6.45, 7) is 4.66. The van der Waals surface area contributed by atoms with Crippen LogP contribution in [0.2, 0.25) is 0 Å². The molecule has 0 unspecified atom stereocenters. The summed E-state index contributed by atoms with van der Waals surface area (Å²) in [5.41, 5.74) is 1.79. The average Bonchev–Trinajstić information content (AvgIpc) is 2.79. The number of hydrogen-bond acceptors (Lipinski definition) is 6. The Morgan fingerprint density at radius 2 is 1.81 bits per heavy atom. The lowest BCUT2D eigenvalue weighted by Gasteiger charge is -2.31. The monoisotopic (exact) mass is 416 g/mol. The second kappa shape index (κ2) is 10.1. The molecule has 3 heterocycles. The third-order valence-corrected chi connectivity index (χ3v) is 5.46. The van der Waals surface area contributed by atoms with Gasteiger partial charge >= 0.3 is 0 Å². The van der Waals surface area contributed by atoms with Crippen LogP contribution < -0.4 is 10.6 Å². The summed E-state index contributed by atoms with van der Waals surface area (Å²) in [4.78, 5) is 28.3. The lowest BCUT2D eigenvalue weighted by atomic mass is 9.95. The van der Waals surface area contributed by atoms with Crippen molar-refractivity contribution in [1.29, 1.82) is 0 Å². The minimum atomic E-state index is 0.0561. The molecule has 2 aromatic heterocycles. The molecule has 1 fully saturated rings. The number of aryl methyl sites for hydroxylation is 1. The molecule has 160 valence electrons. The van der Waals surface area contributed by atoms with Crippen LogP contribution >= 0.6 is 0 Å². The highest BCUT2D eigenvalue weighted by Gasteiger charge is 2.23. The standard InChI is InChI=1S/C24H28N6O/c1-18-17-22(28-21-9-5-6-13-25-21)29-24(26-18)19-10-14-30(15-11-19)16-12-23(31)27-20-7-3-2-4-8-20/h2-9,13,17,19H,10-12,14-16H2,1H3,(H,27,31)(H,25,26,28,29). The predicted molar refractivity (Wildman–Crippen MR) is 122 cm³/mol. The first-order valence-electron chi connectivity index (χ1n) is 10.8. The van der Waals surface area contributed by atoms with Crippen LogP contribution in [0.1, 0.15) is 36.7 Å². The number of pyridine rings is 1. The number of benzene rings is 1. The Balaban J connectivity index is 1.28. The van der Waals surface area contributed by atoms with Crippen LogP contribution in [0.3, 0.4) is 0 Å². The molecule has 2 N–H and O–H groups in total. The molecule has 0 bridgehead atoms. The van der Waals surface area contributed by atoms with E-state index in [0.717, 1.165) is 61.3 Å². The van der Waals surface area contributed by atoms with E-state index in [-0.39, 0.29) is 5.91 Å². The van der Waals surface area contributed by atoms with E-state index in [1.54, 1.807) is 6.20 Å². The van der Waals surface area contributed by atoms with Crippen molar-refractivity contribution in [3.63, 3.8) is 0 Å². The first kappa shape index (κ1) is 20.9. The molecule has 1 amide bonds. The number of rotatable bonds is 7. The third-order valence-electron chi connectivity index (χ3n) is 5.46. The van der Waals surface area contributed by atoms with E-state index in [1.807, 2.05) is 61.5 Å². The Morgan fingerprint density at radius 3 is 2.55 bits per heavy atom. The predicted octanol–water partition coefficient (Wildman–Crippen LogP) is 4.13. The first-order valence-corrected chi connectivity index (χ1v) is 10.8. The van der Waals surface area contributed by atoms with Gasteiger partial charge in [-0.1, -0.05) is 24.3 Å². The molecule has 0 spiro atoms. The van der Waals surface area contributed by atoms with Gasteiger partial charge in [0.25, 0.3) is 0 Å². The van der Waals surface area contributed by atoms with Crippen molar-refractivity contribution in [2.75, 3.05) is 30.3 Å². The van der Waals surface area contributed by atoms with Gasteiger partial charge in [0.2, 0.25) is 5.91 Å². The van der Waals surface area contributed by atoms with E-state index in [4.69, 9.17) is 9.97 Å². The number of piperidine rings is 1. The minimum Gasteiger partial charge on any atom is -0.326 e. The first-order chi connectivity index (χ1) is 15.2. The van der Waals surface area contributed by atoms with Crippen molar-refractivity contribution >= 4 is 23.2 Å². The molecular weight excluding hydrogens is 388 g/mol. The van der Waals surface area contributed by atoms with Gasteiger partial charge in [-0.15, -0.1) is 0 Å². The highest BCUT2D eigenvalue weighted by molar-refractivity contribution is 5.90. The normalized spacial score (nSPS) is 14.9. The summed E-state index contributed by atoms with van der Waals surface area (Å²) in [6, 6.07) is 17.3. The Hall–Kier alpha value is -3.32. The average molecular weight is 417 g/mol. The molecule has 31 heavy (non-hydrogen) atoms. The fourth-order valence-electron chi connectivity index (χ4n) is 3.83. The number of carbonyl (C=O) groups excluding carboxylic acids is 1. The molecule has 4 rings (SSSR count). The summed E-state index contributed by atoms with van der Waals surface area (Å²) in [7, 11) is 0. The third kappa shape index (κ3) is 6.08. The molecule has 7 heteroatoms. The van der Waals surface area contributed by atoms with Gasteiger partial charge in [0.15, 0.2) is 0 Å². The summed E-state index contributed by atoms with van der Waals surface area (Å²) >= 11 is 0. The summed E-state index contributed by atoms with van der Waals surface area (Å²) in [5.74, 6) is 2.83. The van der Waals surface area contributed by atoms with Gasteiger partial charge in [0, 0.05) is 42.5 Å². The van der Waals surface area contributed by atoms with Gasteiger partial charge in [-0.2, -0.15) is 0 Å². The zero-order valence-electron chi connectivity index (χ0n) is 17.8. The summed E-state index contributed by atoms with van der Waals surface area (Å²) < 4.78 is 0. The van der Waals surface area contributed by atoms with Crippen LogP contribution in [0, 0.1) is 6.92 Å². The molecule has 0 atom stereocenters. The highest BCUT2D eigenvalue weighted by Crippen LogP contribution is 2.27. The van der Waals surface area contributed by atoms with E-state index in [9.17, 15) is 4.79 Å². The van der Waals surface area contributed by atoms with Gasteiger partial charge in [0.1, 0.15) is 17.5 Å². The van der Waals surface area contributed by atoms with Gasteiger partial charge in [-0.3, -0.25) is 4.79 Å². The van der Waals surface area contributed by atoms with Gasteiger partial charge in [-0.25, -0.2) is 15.0 Å². The largest absolute Gasteiger partial charge is 0.326 e. The molecule has 1 aliphatic heterocycles. The Kier molecular flexibility index (Phi) is 6.84. The summed E-state index contributed by atoms with van der Waals surface area (Å²) in [5, 5.41) is 6.22. The lowest BCUT2D eigenvalue weighted by Crippen LogP contribution is -2.35. The van der Waals surface area contributed by atoms with Crippen molar-refractivity contribution in [2.45, 2.75) is 32.1 Å². The number of nitrogens with zero attached hydrogens (tertiary/aromatic N) is 4. The molecule has 0 saturated carbocycles. The molecule has 7 nitrogen and oxygen atoms in total. The number of para-hydroxylation sites is 1. The maximum Gasteiger partial charge on any atom is 0.225 e. The van der Waals surface area contributed by atoms with E-state index >= 15 is 0 Å². The molecule has 1 aromatic carbocycles. The fourth-order valence-corrected chi connectivity index (χ4v) is 3.83. The smallest absolute Gasteiger partial charge is 0.225 e. The van der Waals surface area contributed by atoms with Crippen LogP contribution in [0.4, 0.5) is 17.3 Å². The van der Waals surface area contributed by atoms with Crippen LogP contribution in [-0.2, 0) is 4.79 Å². The SMILES string of the molecule is Cc1cc(Nc2ccccn2)nc(C2CCN(CCC(=O)Nc3ccccc3)CC2)n1. The topological polar surface area (TPSA) is 83.0 Å². The Labute approximate surface area is 183 Å². The molecule has 0 aliphatic carbocycles. The van der Waals surface area contributed by atoms with Crippen molar-refractivity contribution < 1.29 is 4.79 Å². The van der Waals surface area contributed by atoms with Crippen LogP contribution in [0.15, 0.2) is 60.8 Å². The van der Waals surface area contributed by atoms with Gasteiger partial charge in [-0.05, 0) is 57.1 Å². The molecule has 1 aliphatic rings. The van der Waals surface area contributed by atoms with E-state index in [0.29, 0.717) is 12.3 Å². The van der Waals surface area contributed by atoms with E-state index in [2.05, 4.69) is 20.5 Å². The number of likely N-dealkylation sites (tertiary alicyclic amines) is 1. The number of nitrogens with one attached hydrogen (secondary N) is 2. The van der Waals surface area contributed by atoms with E-state index < -0.39 is 0 Å². The number of amides is 1. The zero-order valence-corrected chi connectivity index (χ0v) is 17.8. The molecule has 3 aromatic rings. The van der Waals surface area contributed by atoms with Crippen LogP contribution in [0.25, 0.3) is 0 Å².